The summed E-state index contributed by atoms with van der Waals surface area (Å²) < 4.78 is 5.47. The molecule has 0 fully saturated rings. The third kappa shape index (κ3) is 4.99. The molecule has 0 radical (unpaired) electrons. The van der Waals surface area contributed by atoms with Crippen LogP contribution in [0.3, 0.4) is 0 Å². The van der Waals surface area contributed by atoms with E-state index in [4.69, 9.17) is 16.3 Å². The van der Waals surface area contributed by atoms with Crippen LogP contribution in [-0.2, 0) is 10.8 Å². The molecule has 0 aliphatic rings. The highest BCUT2D eigenvalue weighted by atomic mass is 35.5. The molecule has 2 nitrogen and oxygen atoms in total. The van der Waals surface area contributed by atoms with Crippen LogP contribution in [0.5, 0.6) is 5.75 Å². The van der Waals surface area contributed by atoms with Gasteiger partial charge in [-0.05, 0) is 58.4 Å². The Hall–Kier alpha value is -2.45. The third-order valence-corrected chi connectivity index (χ3v) is 5.55. The number of methoxy groups -OCH3 is 1. The maximum Gasteiger partial charge on any atom is 0.122 e. The van der Waals surface area contributed by atoms with Gasteiger partial charge in [-0.3, -0.25) is 0 Å². The van der Waals surface area contributed by atoms with E-state index in [1.165, 1.54) is 11.1 Å². The number of hydrogen-bond acceptors (Lipinski definition) is 2. The summed E-state index contributed by atoms with van der Waals surface area (Å²) in [6, 6.07) is 23.3. The first kappa shape index (κ1) is 22.2. The van der Waals surface area contributed by atoms with Crippen LogP contribution in [-0.4, -0.2) is 7.11 Å². The number of ether oxygens (including phenoxy) is 1. The summed E-state index contributed by atoms with van der Waals surface area (Å²) in [5, 5.41) is 0.645. The lowest BCUT2D eigenvalue weighted by Crippen LogP contribution is -2.14. The van der Waals surface area contributed by atoms with E-state index in [0.717, 1.165) is 22.8 Å². The fourth-order valence-corrected chi connectivity index (χ4v) is 3.68. The Morgan fingerprint density at radius 3 is 1.43 bits per heavy atom. The number of halogens is 1. The molecular formula is C27H32ClNO. The minimum atomic E-state index is 0.108. The van der Waals surface area contributed by atoms with E-state index >= 15 is 0 Å². The van der Waals surface area contributed by atoms with Crippen molar-refractivity contribution in [2.45, 2.75) is 52.4 Å². The first-order chi connectivity index (χ1) is 14.0. The molecule has 0 N–H and O–H groups in total. The minimum absolute atomic E-state index is 0.108. The van der Waals surface area contributed by atoms with E-state index in [9.17, 15) is 0 Å². The van der Waals surface area contributed by atoms with Crippen LogP contribution in [0.2, 0.25) is 5.02 Å². The molecule has 0 aliphatic carbocycles. The molecule has 3 aromatic rings. The standard InChI is InChI=1S/C27H32ClNO/c1-26(2,3)19-8-12-22(13-9-19)29(24-16-21(28)17-25(18-24)30-7)23-14-10-20(11-15-23)27(4,5)6/h8-18H,1-7H3. The van der Waals surface area contributed by atoms with Gasteiger partial charge in [0.25, 0.3) is 0 Å². The van der Waals surface area contributed by atoms with Gasteiger partial charge >= 0.3 is 0 Å². The Labute approximate surface area is 186 Å². The second kappa shape index (κ2) is 8.35. The van der Waals surface area contributed by atoms with Gasteiger partial charge in [-0.2, -0.15) is 0 Å². The number of rotatable bonds is 4. The second-order valence-corrected chi connectivity index (χ2v) is 10.2. The largest absolute Gasteiger partial charge is 0.497 e. The molecule has 3 rings (SSSR count). The zero-order valence-corrected chi connectivity index (χ0v) is 19.8. The highest BCUT2D eigenvalue weighted by molar-refractivity contribution is 6.31. The van der Waals surface area contributed by atoms with Gasteiger partial charge in [-0.25, -0.2) is 0 Å². The molecule has 0 spiro atoms. The van der Waals surface area contributed by atoms with Crippen molar-refractivity contribution in [3.8, 4) is 5.75 Å². The van der Waals surface area contributed by atoms with Crippen molar-refractivity contribution in [2.75, 3.05) is 12.0 Å². The maximum atomic E-state index is 6.41. The molecule has 0 aliphatic heterocycles. The number of nitrogens with zero attached hydrogens (tertiary/aromatic N) is 1. The quantitative estimate of drug-likeness (QED) is 0.419. The predicted molar refractivity (Wildman–Crippen MR) is 130 cm³/mol. The zero-order valence-electron chi connectivity index (χ0n) is 19.1. The molecular weight excluding hydrogens is 390 g/mol. The van der Waals surface area contributed by atoms with E-state index in [1.54, 1.807) is 7.11 Å². The molecule has 0 saturated heterocycles. The highest BCUT2D eigenvalue weighted by Crippen LogP contribution is 2.39. The van der Waals surface area contributed by atoms with E-state index < -0.39 is 0 Å². The van der Waals surface area contributed by atoms with Crippen molar-refractivity contribution in [1.29, 1.82) is 0 Å². The van der Waals surface area contributed by atoms with Crippen molar-refractivity contribution < 1.29 is 4.74 Å². The zero-order chi connectivity index (χ0) is 22.1. The summed E-state index contributed by atoms with van der Waals surface area (Å²) in [6.45, 7) is 13.4. The van der Waals surface area contributed by atoms with Gasteiger partial charge in [0.1, 0.15) is 5.75 Å². The van der Waals surface area contributed by atoms with Crippen LogP contribution in [0.1, 0.15) is 52.7 Å². The van der Waals surface area contributed by atoms with Crippen LogP contribution in [0, 0.1) is 0 Å². The SMILES string of the molecule is COc1cc(Cl)cc(N(c2ccc(C(C)(C)C)cc2)c2ccc(C(C)(C)C)cc2)c1. The van der Waals surface area contributed by atoms with Gasteiger partial charge in [0, 0.05) is 22.5 Å². The molecule has 0 bridgehead atoms. The Morgan fingerprint density at radius 1 is 0.633 bits per heavy atom. The van der Waals surface area contributed by atoms with Crippen molar-refractivity contribution in [3.05, 3.63) is 82.9 Å². The van der Waals surface area contributed by atoms with Crippen LogP contribution >= 0.6 is 11.6 Å². The van der Waals surface area contributed by atoms with Crippen LogP contribution in [0.25, 0.3) is 0 Å². The molecule has 30 heavy (non-hydrogen) atoms. The Balaban J connectivity index is 2.13. The van der Waals surface area contributed by atoms with Gasteiger partial charge in [0.2, 0.25) is 0 Å². The van der Waals surface area contributed by atoms with Crippen molar-refractivity contribution >= 4 is 28.7 Å². The highest BCUT2D eigenvalue weighted by Gasteiger charge is 2.19. The first-order valence-electron chi connectivity index (χ1n) is 10.3. The maximum absolute atomic E-state index is 6.41. The fraction of sp³-hybridized carbons (Fsp3) is 0.333. The molecule has 0 saturated carbocycles. The number of anilines is 3. The average Bonchev–Trinajstić information content (AvgIpc) is 2.67. The molecule has 0 unspecified atom stereocenters. The molecule has 158 valence electrons. The average molecular weight is 422 g/mol. The Morgan fingerprint density at radius 2 is 1.07 bits per heavy atom. The van der Waals surface area contributed by atoms with Crippen molar-refractivity contribution in [2.24, 2.45) is 0 Å². The molecule has 0 amide bonds. The summed E-state index contributed by atoms with van der Waals surface area (Å²) in [5.41, 5.74) is 5.95. The summed E-state index contributed by atoms with van der Waals surface area (Å²) in [7, 11) is 1.66. The second-order valence-electron chi connectivity index (χ2n) is 9.78. The predicted octanol–water partition coefficient (Wildman–Crippen LogP) is 8.41. The van der Waals surface area contributed by atoms with Gasteiger partial charge in [-0.1, -0.05) is 77.4 Å². The summed E-state index contributed by atoms with van der Waals surface area (Å²) >= 11 is 6.41. The number of benzene rings is 3. The van der Waals surface area contributed by atoms with E-state index in [0.29, 0.717) is 5.02 Å². The molecule has 3 heteroatoms. The molecule has 0 atom stereocenters. The van der Waals surface area contributed by atoms with Crippen LogP contribution in [0.15, 0.2) is 66.7 Å². The van der Waals surface area contributed by atoms with Gasteiger partial charge in [-0.15, -0.1) is 0 Å². The summed E-state index contributed by atoms with van der Waals surface area (Å²) in [4.78, 5) is 2.22. The van der Waals surface area contributed by atoms with Gasteiger partial charge < -0.3 is 9.64 Å². The van der Waals surface area contributed by atoms with Crippen LogP contribution in [0.4, 0.5) is 17.1 Å². The van der Waals surface area contributed by atoms with E-state index in [-0.39, 0.29) is 10.8 Å². The Kier molecular flexibility index (Phi) is 6.19. The van der Waals surface area contributed by atoms with E-state index in [1.807, 2.05) is 18.2 Å². The molecule has 0 aromatic heterocycles. The molecule has 0 heterocycles. The lowest BCUT2D eigenvalue weighted by Gasteiger charge is -2.28. The van der Waals surface area contributed by atoms with Gasteiger partial charge in [0.15, 0.2) is 0 Å². The first-order valence-corrected chi connectivity index (χ1v) is 10.7. The lowest BCUT2D eigenvalue weighted by atomic mass is 9.86. The number of hydrogen-bond donors (Lipinski definition) is 0. The van der Waals surface area contributed by atoms with Gasteiger partial charge in [0.05, 0.1) is 12.8 Å². The third-order valence-electron chi connectivity index (χ3n) is 5.33. The lowest BCUT2D eigenvalue weighted by molar-refractivity contribution is 0.415. The Bertz CT molecular complexity index is 936. The fourth-order valence-electron chi connectivity index (χ4n) is 3.46. The topological polar surface area (TPSA) is 12.5 Å². The van der Waals surface area contributed by atoms with Crippen LogP contribution < -0.4 is 9.64 Å². The summed E-state index contributed by atoms with van der Waals surface area (Å²) in [6.07, 6.45) is 0. The summed E-state index contributed by atoms with van der Waals surface area (Å²) in [5.74, 6) is 0.736. The smallest absolute Gasteiger partial charge is 0.122 e. The van der Waals surface area contributed by atoms with E-state index in [2.05, 4.69) is 95.0 Å². The molecule has 3 aromatic carbocycles. The van der Waals surface area contributed by atoms with Crippen molar-refractivity contribution in [1.82, 2.24) is 0 Å². The minimum Gasteiger partial charge on any atom is -0.497 e. The monoisotopic (exact) mass is 421 g/mol. The van der Waals surface area contributed by atoms with Crippen molar-refractivity contribution in [3.63, 3.8) is 0 Å². The normalized spacial score (nSPS) is 12.0.